The number of nitrogens with zero attached hydrogens (tertiary/aromatic N) is 1. The van der Waals surface area contributed by atoms with Gasteiger partial charge in [-0.1, -0.05) is 25.1 Å². The second-order valence-corrected chi connectivity index (χ2v) is 9.27. The monoisotopic (exact) mass is 393 g/mol. The van der Waals surface area contributed by atoms with Crippen LogP contribution in [0.2, 0.25) is 0 Å². The molecule has 1 aliphatic carbocycles. The largest absolute Gasteiger partial charge is 0.381 e. The minimum atomic E-state index is -0.0979. The van der Waals surface area contributed by atoms with Gasteiger partial charge >= 0.3 is 0 Å². The zero-order chi connectivity index (χ0) is 19.2. The molecule has 6 heteroatoms. The molecular weight excluding hydrogens is 361 g/mol. The van der Waals surface area contributed by atoms with Gasteiger partial charge in [-0.25, -0.2) is 4.39 Å². The van der Waals surface area contributed by atoms with Crippen molar-refractivity contribution in [2.45, 2.75) is 49.7 Å². The van der Waals surface area contributed by atoms with Crippen LogP contribution in [-0.2, 0) is 10.2 Å². The maximum atomic E-state index is 14.2. The highest BCUT2D eigenvalue weighted by atomic mass is 32.2. The predicted molar refractivity (Wildman–Crippen MR) is 112 cm³/mol. The number of hydrogen-bond donors (Lipinski definition) is 2. The van der Waals surface area contributed by atoms with Crippen molar-refractivity contribution in [3.8, 4) is 0 Å². The van der Waals surface area contributed by atoms with Crippen LogP contribution in [0, 0.1) is 5.82 Å². The first-order valence-corrected chi connectivity index (χ1v) is 11.1. The molecular formula is C21H32FN3OS. The number of ether oxygens (including phenoxy) is 1. The lowest BCUT2D eigenvalue weighted by molar-refractivity contribution is 0.0793. The summed E-state index contributed by atoms with van der Waals surface area (Å²) in [6.07, 6.45) is 4.14. The number of halogens is 1. The molecule has 0 spiro atoms. The average Bonchev–Trinajstić information content (AvgIpc) is 3.46. The predicted octanol–water partition coefficient (Wildman–Crippen LogP) is 3.71. The van der Waals surface area contributed by atoms with E-state index in [9.17, 15) is 4.39 Å². The quantitative estimate of drug-likeness (QED) is 0.522. The molecule has 27 heavy (non-hydrogen) atoms. The van der Waals surface area contributed by atoms with Crippen molar-refractivity contribution in [2.75, 3.05) is 38.6 Å². The molecule has 4 nitrogen and oxygen atoms in total. The molecule has 1 heterocycles. The van der Waals surface area contributed by atoms with Crippen molar-refractivity contribution in [3.63, 3.8) is 0 Å². The summed E-state index contributed by atoms with van der Waals surface area (Å²) < 4.78 is 20.0. The van der Waals surface area contributed by atoms with Gasteiger partial charge in [0.2, 0.25) is 0 Å². The molecule has 1 aromatic rings. The third-order valence-corrected chi connectivity index (χ3v) is 7.06. The molecule has 1 aliphatic heterocycles. The van der Waals surface area contributed by atoms with Crippen LogP contribution in [-0.4, -0.2) is 49.3 Å². The molecule has 1 saturated carbocycles. The Labute approximate surface area is 166 Å². The number of hydrogen-bond acceptors (Lipinski definition) is 3. The van der Waals surface area contributed by atoms with Crippen LogP contribution in [0.4, 0.5) is 4.39 Å². The Hall–Kier alpha value is -1.27. The summed E-state index contributed by atoms with van der Waals surface area (Å²) in [6.45, 7) is 8.25. The number of nitrogens with one attached hydrogen (secondary N) is 2. The Morgan fingerprint density at radius 3 is 2.52 bits per heavy atom. The fraction of sp³-hybridized carbons (Fsp3) is 0.667. The first kappa shape index (κ1) is 20.5. The van der Waals surface area contributed by atoms with Gasteiger partial charge in [0.05, 0.1) is 6.54 Å². The van der Waals surface area contributed by atoms with E-state index in [-0.39, 0.29) is 16.0 Å². The Morgan fingerprint density at radius 2 is 1.89 bits per heavy atom. The Bertz CT molecular complexity index is 637. The van der Waals surface area contributed by atoms with Gasteiger partial charge in [0.1, 0.15) is 5.82 Å². The third kappa shape index (κ3) is 5.17. The van der Waals surface area contributed by atoms with Crippen LogP contribution >= 0.6 is 11.8 Å². The molecule has 1 saturated heterocycles. The Balaban J connectivity index is 1.65. The molecule has 0 bridgehead atoms. The van der Waals surface area contributed by atoms with Crippen LogP contribution in [0.15, 0.2) is 29.3 Å². The van der Waals surface area contributed by atoms with Gasteiger partial charge in [0.15, 0.2) is 5.96 Å². The summed E-state index contributed by atoms with van der Waals surface area (Å²) >= 11 is 2.00. The van der Waals surface area contributed by atoms with Gasteiger partial charge in [0.25, 0.3) is 0 Å². The number of benzene rings is 1. The molecule has 1 aromatic carbocycles. The minimum absolute atomic E-state index is 0.0872. The van der Waals surface area contributed by atoms with E-state index in [1.165, 1.54) is 0 Å². The fourth-order valence-corrected chi connectivity index (χ4v) is 5.02. The van der Waals surface area contributed by atoms with E-state index in [0.717, 1.165) is 75.8 Å². The molecule has 0 unspecified atom stereocenters. The maximum Gasteiger partial charge on any atom is 0.191 e. The van der Waals surface area contributed by atoms with Crippen LogP contribution in [0.5, 0.6) is 0 Å². The zero-order valence-corrected chi connectivity index (χ0v) is 17.3. The number of guanidine groups is 1. The van der Waals surface area contributed by atoms with Gasteiger partial charge in [-0.2, -0.15) is 11.8 Å². The molecule has 2 aliphatic rings. The molecule has 0 radical (unpaired) electrons. The van der Waals surface area contributed by atoms with E-state index >= 15 is 0 Å². The van der Waals surface area contributed by atoms with Crippen molar-refractivity contribution in [1.82, 2.24) is 10.6 Å². The molecule has 3 rings (SSSR count). The summed E-state index contributed by atoms with van der Waals surface area (Å²) in [6, 6.07) is 7.16. The summed E-state index contributed by atoms with van der Waals surface area (Å²) in [7, 11) is 0. The third-order valence-electron chi connectivity index (χ3n) is 5.62. The lowest BCUT2D eigenvalue weighted by atomic mass is 9.95. The second-order valence-electron chi connectivity index (χ2n) is 7.54. The number of aliphatic imine (C=N–C) groups is 1. The van der Waals surface area contributed by atoms with E-state index in [1.807, 2.05) is 23.9 Å². The molecule has 150 valence electrons. The topological polar surface area (TPSA) is 45.7 Å². The highest BCUT2D eigenvalue weighted by Crippen LogP contribution is 2.48. The average molecular weight is 394 g/mol. The molecule has 2 fully saturated rings. The smallest absolute Gasteiger partial charge is 0.191 e. The summed E-state index contributed by atoms with van der Waals surface area (Å²) in [5.74, 6) is 1.83. The summed E-state index contributed by atoms with van der Waals surface area (Å²) in [5, 5.41) is 6.83. The van der Waals surface area contributed by atoms with Gasteiger partial charge < -0.3 is 15.4 Å². The second kappa shape index (κ2) is 9.28. The first-order valence-electron chi connectivity index (χ1n) is 10.1. The zero-order valence-electron chi connectivity index (χ0n) is 16.5. The first-order chi connectivity index (χ1) is 13.1. The van der Waals surface area contributed by atoms with Crippen LogP contribution in [0.25, 0.3) is 0 Å². The lowest BCUT2D eigenvalue weighted by Gasteiger charge is -2.35. The highest BCUT2D eigenvalue weighted by Gasteiger charge is 2.45. The normalized spacial score (nSPS) is 20.9. The van der Waals surface area contributed by atoms with Crippen molar-refractivity contribution < 1.29 is 9.13 Å². The van der Waals surface area contributed by atoms with Crippen molar-refractivity contribution in [1.29, 1.82) is 0 Å². The minimum Gasteiger partial charge on any atom is -0.381 e. The summed E-state index contributed by atoms with van der Waals surface area (Å²) in [5.41, 5.74) is 0.742. The molecule has 0 atom stereocenters. The van der Waals surface area contributed by atoms with Gasteiger partial charge in [-0.3, -0.25) is 4.99 Å². The van der Waals surface area contributed by atoms with Gasteiger partial charge in [-0.15, -0.1) is 0 Å². The van der Waals surface area contributed by atoms with Crippen molar-refractivity contribution in [3.05, 3.63) is 35.6 Å². The summed E-state index contributed by atoms with van der Waals surface area (Å²) in [4.78, 5) is 4.90. The van der Waals surface area contributed by atoms with Crippen molar-refractivity contribution in [2.24, 2.45) is 4.99 Å². The van der Waals surface area contributed by atoms with Crippen LogP contribution < -0.4 is 10.6 Å². The van der Waals surface area contributed by atoms with Gasteiger partial charge in [0, 0.05) is 36.5 Å². The molecule has 0 amide bonds. The van der Waals surface area contributed by atoms with Crippen LogP contribution in [0.3, 0.4) is 0 Å². The van der Waals surface area contributed by atoms with E-state index in [4.69, 9.17) is 9.73 Å². The number of thioether (sulfide) groups is 1. The molecule has 2 N–H and O–H groups in total. The Morgan fingerprint density at radius 1 is 1.15 bits per heavy atom. The molecule has 0 aromatic heterocycles. The lowest BCUT2D eigenvalue weighted by Crippen LogP contribution is -2.43. The van der Waals surface area contributed by atoms with Gasteiger partial charge in [-0.05, 0) is 50.0 Å². The van der Waals surface area contributed by atoms with E-state index in [0.29, 0.717) is 0 Å². The highest BCUT2D eigenvalue weighted by molar-refractivity contribution is 8.00. The van der Waals surface area contributed by atoms with Crippen LogP contribution in [0.1, 0.15) is 45.1 Å². The maximum absolute atomic E-state index is 14.2. The number of rotatable bonds is 8. The van der Waals surface area contributed by atoms with Crippen molar-refractivity contribution >= 4 is 17.7 Å². The van der Waals surface area contributed by atoms with E-state index in [1.54, 1.807) is 12.1 Å². The Kier molecular flexibility index (Phi) is 7.04. The van der Waals surface area contributed by atoms with E-state index in [2.05, 4.69) is 24.5 Å². The standard InChI is InChI=1S/C21H32FN3OS/c1-3-23-19(25-16-21(27-4-2)11-13-26-14-12-21)24-15-20(9-10-20)17-7-5-6-8-18(17)22/h5-8H,3-4,9-16H2,1-2H3,(H2,23,24,25). The fourth-order valence-electron chi connectivity index (χ4n) is 3.80. The SMILES string of the molecule is CCNC(=NCC1(SCC)CCOCC1)NCC1(c2ccccc2F)CC1. The van der Waals surface area contributed by atoms with E-state index < -0.39 is 0 Å².